The van der Waals surface area contributed by atoms with Crippen LogP contribution in [0.5, 0.6) is 11.5 Å². The number of likely N-dealkylation sites (N-methyl/N-ethyl adjacent to an activating group) is 1. The Morgan fingerprint density at radius 3 is 2.33 bits per heavy atom. The SMILES string of the molecule is CN(CC(=O)NC(=O)Nc1ccc2c(c1)OCO2)CC(=O)Nc1ccc(Cl)c(Cl)c1. The van der Waals surface area contributed by atoms with Crippen molar-refractivity contribution in [3.8, 4) is 11.5 Å². The molecule has 2 aromatic carbocycles. The number of imide groups is 1. The summed E-state index contributed by atoms with van der Waals surface area (Å²) in [6.45, 7) is -0.116. The number of hydrogen-bond donors (Lipinski definition) is 3. The summed E-state index contributed by atoms with van der Waals surface area (Å²) in [4.78, 5) is 37.6. The van der Waals surface area contributed by atoms with Gasteiger partial charge in [0, 0.05) is 17.4 Å². The van der Waals surface area contributed by atoms with Crippen LogP contribution in [0.4, 0.5) is 16.2 Å². The van der Waals surface area contributed by atoms with Crippen molar-refractivity contribution in [3.05, 3.63) is 46.4 Å². The fourth-order valence-electron chi connectivity index (χ4n) is 2.62. The minimum Gasteiger partial charge on any atom is -0.454 e. The largest absolute Gasteiger partial charge is 0.454 e. The molecule has 3 rings (SSSR count). The van der Waals surface area contributed by atoms with Crippen LogP contribution in [0, 0.1) is 0 Å². The van der Waals surface area contributed by atoms with Gasteiger partial charge in [-0.05, 0) is 37.4 Å². The zero-order valence-corrected chi connectivity index (χ0v) is 17.3. The van der Waals surface area contributed by atoms with E-state index in [0.717, 1.165) is 0 Å². The van der Waals surface area contributed by atoms with E-state index in [1.807, 2.05) is 0 Å². The lowest BCUT2D eigenvalue weighted by Gasteiger charge is -2.16. The zero-order chi connectivity index (χ0) is 21.7. The van der Waals surface area contributed by atoms with Crippen LogP contribution in [-0.4, -0.2) is 49.7 Å². The molecule has 1 aliphatic heterocycles. The molecule has 0 radical (unpaired) electrons. The molecule has 0 saturated heterocycles. The average Bonchev–Trinajstić information content (AvgIpc) is 3.12. The van der Waals surface area contributed by atoms with Gasteiger partial charge in [-0.2, -0.15) is 0 Å². The zero-order valence-electron chi connectivity index (χ0n) is 15.8. The first-order valence-electron chi connectivity index (χ1n) is 8.74. The quantitative estimate of drug-likeness (QED) is 0.621. The highest BCUT2D eigenvalue weighted by atomic mass is 35.5. The smallest absolute Gasteiger partial charge is 0.325 e. The molecule has 0 bridgehead atoms. The number of nitrogens with zero attached hydrogens (tertiary/aromatic N) is 1. The molecule has 9 nitrogen and oxygen atoms in total. The number of nitrogens with one attached hydrogen (secondary N) is 3. The van der Waals surface area contributed by atoms with Crippen molar-refractivity contribution in [1.29, 1.82) is 0 Å². The van der Waals surface area contributed by atoms with Crippen LogP contribution in [0.1, 0.15) is 0 Å². The Morgan fingerprint density at radius 2 is 1.57 bits per heavy atom. The van der Waals surface area contributed by atoms with Crippen molar-refractivity contribution in [3.63, 3.8) is 0 Å². The lowest BCUT2D eigenvalue weighted by molar-refractivity contribution is -0.121. The maximum absolute atomic E-state index is 12.1. The number of amides is 4. The molecule has 0 aromatic heterocycles. The molecule has 0 unspecified atom stereocenters. The Labute approximate surface area is 182 Å². The summed E-state index contributed by atoms with van der Waals surface area (Å²) in [5, 5.41) is 8.07. The van der Waals surface area contributed by atoms with Crippen molar-refractivity contribution in [2.24, 2.45) is 0 Å². The molecular formula is C19H18Cl2N4O5. The van der Waals surface area contributed by atoms with Gasteiger partial charge in [-0.1, -0.05) is 23.2 Å². The van der Waals surface area contributed by atoms with Crippen molar-refractivity contribution in [2.75, 3.05) is 37.6 Å². The molecule has 3 N–H and O–H groups in total. The summed E-state index contributed by atoms with van der Waals surface area (Å²) < 4.78 is 10.4. The third kappa shape index (κ3) is 5.99. The van der Waals surface area contributed by atoms with Gasteiger partial charge in [-0.15, -0.1) is 0 Å². The Bertz CT molecular complexity index is 985. The minimum atomic E-state index is -0.701. The molecule has 0 fully saturated rings. The Hall–Kier alpha value is -3.01. The number of halogens is 2. The van der Waals surface area contributed by atoms with Crippen molar-refractivity contribution in [1.82, 2.24) is 10.2 Å². The highest BCUT2D eigenvalue weighted by Crippen LogP contribution is 2.34. The summed E-state index contributed by atoms with van der Waals surface area (Å²) in [7, 11) is 1.57. The van der Waals surface area contributed by atoms with E-state index in [9.17, 15) is 14.4 Å². The molecule has 4 amide bonds. The van der Waals surface area contributed by atoms with Gasteiger partial charge < -0.3 is 20.1 Å². The van der Waals surface area contributed by atoms with Crippen LogP contribution in [0.3, 0.4) is 0 Å². The van der Waals surface area contributed by atoms with Gasteiger partial charge >= 0.3 is 6.03 Å². The van der Waals surface area contributed by atoms with Crippen LogP contribution >= 0.6 is 23.2 Å². The van der Waals surface area contributed by atoms with Crippen molar-refractivity contribution in [2.45, 2.75) is 0 Å². The number of hydrogen-bond acceptors (Lipinski definition) is 6. The van der Waals surface area contributed by atoms with Crippen molar-refractivity contribution < 1.29 is 23.9 Å². The van der Waals surface area contributed by atoms with Crippen LogP contribution in [-0.2, 0) is 9.59 Å². The first-order valence-corrected chi connectivity index (χ1v) is 9.49. The molecule has 2 aromatic rings. The van der Waals surface area contributed by atoms with E-state index in [-0.39, 0.29) is 25.8 Å². The molecule has 0 saturated carbocycles. The lowest BCUT2D eigenvalue weighted by atomic mass is 10.3. The highest BCUT2D eigenvalue weighted by molar-refractivity contribution is 6.42. The summed E-state index contributed by atoms with van der Waals surface area (Å²) in [6, 6.07) is 8.86. The molecule has 0 spiro atoms. The van der Waals surface area contributed by atoms with Gasteiger partial charge in [0.15, 0.2) is 11.5 Å². The second kappa shape index (κ2) is 9.66. The van der Waals surface area contributed by atoms with Gasteiger partial charge in [0.25, 0.3) is 0 Å². The second-order valence-electron chi connectivity index (χ2n) is 6.42. The third-order valence-electron chi connectivity index (χ3n) is 3.91. The second-order valence-corrected chi connectivity index (χ2v) is 7.23. The third-order valence-corrected chi connectivity index (χ3v) is 4.65. The highest BCUT2D eigenvalue weighted by Gasteiger charge is 2.16. The van der Waals surface area contributed by atoms with Gasteiger partial charge in [0.1, 0.15) is 0 Å². The topological polar surface area (TPSA) is 109 Å². The van der Waals surface area contributed by atoms with Gasteiger partial charge in [0.05, 0.1) is 23.1 Å². The number of anilines is 2. The Balaban J connectivity index is 1.42. The molecule has 158 valence electrons. The summed E-state index contributed by atoms with van der Waals surface area (Å²) in [5.74, 6) is 0.163. The van der Waals surface area contributed by atoms with E-state index in [1.54, 1.807) is 37.4 Å². The van der Waals surface area contributed by atoms with E-state index >= 15 is 0 Å². The molecule has 0 atom stereocenters. The molecule has 11 heteroatoms. The monoisotopic (exact) mass is 452 g/mol. The number of fused-ring (bicyclic) bond motifs is 1. The predicted octanol–water partition coefficient (Wildman–Crippen LogP) is 2.94. The van der Waals surface area contributed by atoms with E-state index in [4.69, 9.17) is 32.7 Å². The number of carbonyl (C=O) groups excluding carboxylic acids is 3. The first-order chi connectivity index (χ1) is 14.3. The predicted molar refractivity (Wildman–Crippen MR) is 112 cm³/mol. The molecule has 30 heavy (non-hydrogen) atoms. The maximum Gasteiger partial charge on any atom is 0.325 e. The van der Waals surface area contributed by atoms with Crippen LogP contribution in [0.2, 0.25) is 10.0 Å². The fraction of sp³-hybridized carbons (Fsp3) is 0.211. The van der Waals surface area contributed by atoms with E-state index in [2.05, 4.69) is 16.0 Å². The van der Waals surface area contributed by atoms with Crippen LogP contribution in [0.15, 0.2) is 36.4 Å². The van der Waals surface area contributed by atoms with Gasteiger partial charge in [-0.25, -0.2) is 4.79 Å². The summed E-state index contributed by atoms with van der Waals surface area (Å²) in [5.41, 5.74) is 0.925. The van der Waals surface area contributed by atoms with Gasteiger partial charge in [-0.3, -0.25) is 19.8 Å². The average molecular weight is 453 g/mol. The lowest BCUT2D eigenvalue weighted by Crippen LogP contribution is -2.42. The number of rotatable bonds is 6. The fourth-order valence-corrected chi connectivity index (χ4v) is 2.92. The standard InChI is InChI=1S/C19H18Cl2N4O5/c1-25(8-17(26)22-11-2-4-13(20)14(21)6-11)9-18(27)24-19(28)23-12-3-5-15-16(7-12)30-10-29-15/h2-7H,8-10H2,1H3,(H,22,26)(H2,23,24,27,28). The van der Waals surface area contributed by atoms with Gasteiger partial charge in [0.2, 0.25) is 18.6 Å². The Morgan fingerprint density at radius 1 is 0.900 bits per heavy atom. The number of ether oxygens (including phenoxy) is 2. The Kier molecular flexibility index (Phi) is 6.99. The van der Waals surface area contributed by atoms with Crippen molar-refractivity contribution >= 4 is 52.4 Å². The summed E-state index contributed by atoms with van der Waals surface area (Å²) >= 11 is 11.7. The normalized spacial score (nSPS) is 11.9. The summed E-state index contributed by atoms with van der Waals surface area (Å²) in [6.07, 6.45) is 0. The molecule has 1 aliphatic rings. The number of benzene rings is 2. The van der Waals surface area contributed by atoms with E-state index in [0.29, 0.717) is 32.9 Å². The maximum atomic E-state index is 12.1. The molecular weight excluding hydrogens is 435 g/mol. The van der Waals surface area contributed by atoms with E-state index in [1.165, 1.54) is 11.0 Å². The van der Waals surface area contributed by atoms with E-state index < -0.39 is 11.9 Å². The molecule has 1 heterocycles. The minimum absolute atomic E-state index is 0.0720. The van der Waals surface area contributed by atoms with Crippen LogP contribution in [0.25, 0.3) is 0 Å². The number of urea groups is 1. The number of carbonyl (C=O) groups is 3. The first kappa shape index (κ1) is 21.7. The van der Waals surface area contributed by atoms with Crippen LogP contribution < -0.4 is 25.4 Å². The molecule has 0 aliphatic carbocycles.